The first-order valence-electron chi connectivity index (χ1n) is 7.90. The van der Waals surface area contributed by atoms with E-state index >= 15 is 0 Å². The van der Waals surface area contributed by atoms with Gasteiger partial charge in [-0.15, -0.1) is 0 Å². The molecule has 0 aliphatic carbocycles. The summed E-state index contributed by atoms with van der Waals surface area (Å²) in [5.41, 5.74) is 9.09. The first-order valence-corrected chi connectivity index (χ1v) is 7.90. The number of nitrogens with zero attached hydrogens (tertiary/aromatic N) is 2. The van der Waals surface area contributed by atoms with Gasteiger partial charge in [0.2, 0.25) is 5.89 Å². The van der Waals surface area contributed by atoms with Crippen LogP contribution in [0, 0.1) is 0 Å². The third kappa shape index (κ3) is 4.01. The van der Waals surface area contributed by atoms with E-state index in [1.807, 2.05) is 42.5 Å². The van der Waals surface area contributed by atoms with E-state index in [1.165, 1.54) is 5.56 Å². The van der Waals surface area contributed by atoms with Crippen molar-refractivity contribution in [3.8, 4) is 11.3 Å². The largest absolute Gasteiger partial charge is 0.439 e. The van der Waals surface area contributed by atoms with Crippen molar-refractivity contribution in [3.63, 3.8) is 0 Å². The minimum atomic E-state index is 0.291. The van der Waals surface area contributed by atoms with Crippen molar-refractivity contribution >= 4 is 11.6 Å². The van der Waals surface area contributed by atoms with Crippen LogP contribution in [0.4, 0.5) is 5.69 Å². The van der Waals surface area contributed by atoms with Gasteiger partial charge in [-0.2, -0.15) is 0 Å². The predicted octanol–water partition coefficient (Wildman–Crippen LogP) is 3.83. The number of nitrogens with one attached hydrogen (secondary N) is 1. The highest BCUT2D eigenvalue weighted by Crippen LogP contribution is 2.20. The molecule has 0 aliphatic rings. The summed E-state index contributed by atoms with van der Waals surface area (Å²) in [6, 6.07) is 17.9. The molecule has 0 saturated carbocycles. The molecule has 24 heavy (non-hydrogen) atoms. The standard InChI is InChI=1S/C19H20N4O/c1-2-14-7-6-10-16(11-14)23-19(20)22-13-18-21-12-17(24-18)15-8-4-3-5-9-15/h3-12H,2,13H2,1H3,(H3,20,22,23). The summed E-state index contributed by atoms with van der Waals surface area (Å²) < 4.78 is 5.71. The fourth-order valence-electron chi connectivity index (χ4n) is 2.33. The van der Waals surface area contributed by atoms with Gasteiger partial charge in [0, 0.05) is 11.3 Å². The number of benzene rings is 2. The number of anilines is 1. The van der Waals surface area contributed by atoms with Gasteiger partial charge < -0.3 is 15.5 Å². The summed E-state index contributed by atoms with van der Waals surface area (Å²) in [4.78, 5) is 8.52. The van der Waals surface area contributed by atoms with E-state index in [-0.39, 0.29) is 0 Å². The van der Waals surface area contributed by atoms with Crippen molar-refractivity contribution in [3.05, 3.63) is 72.2 Å². The summed E-state index contributed by atoms with van der Waals surface area (Å²) >= 11 is 0. The van der Waals surface area contributed by atoms with Gasteiger partial charge in [0.25, 0.3) is 0 Å². The monoisotopic (exact) mass is 320 g/mol. The number of aromatic nitrogens is 1. The predicted molar refractivity (Wildman–Crippen MR) is 96.7 cm³/mol. The molecule has 0 amide bonds. The lowest BCUT2D eigenvalue weighted by molar-refractivity contribution is 0.510. The van der Waals surface area contributed by atoms with Gasteiger partial charge >= 0.3 is 0 Å². The lowest BCUT2D eigenvalue weighted by Gasteiger charge is -2.06. The summed E-state index contributed by atoms with van der Waals surface area (Å²) in [6.45, 7) is 2.41. The maximum Gasteiger partial charge on any atom is 0.216 e. The molecule has 0 saturated heterocycles. The maximum absolute atomic E-state index is 5.93. The number of oxazole rings is 1. The zero-order valence-electron chi connectivity index (χ0n) is 13.6. The minimum absolute atomic E-state index is 0.291. The highest BCUT2D eigenvalue weighted by molar-refractivity contribution is 5.92. The third-order valence-electron chi connectivity index (χ3n) is 3.60. The van der Waals surface area contributed by atoms with Crippen molar-refractivity contribution in [2.75, 3.05) is 5.32 Å². The van der Waals surface area contributed by atoms with Crippen LogP contribution < -0.4 is 11.1 Å². The molecule has 0 spiro atoms. The Morgan fingerprint density at radius 3 is 2.79 bits per heavy atom. The van der Waals surface area contributed by atoms with Crippen LogP contribution in [-0.4, -0.2) is 10.9 Å². The Kier molecular flexibility index (Phi) is 4.91. The molecule has 1 heterocycles. The molecule has 122 valence electrons. The van der Waals surface area contributed by atoms with E-state index in [9.17, 15) is 0 Å². The zero-order chi connectivity index (χ0) is 16.8. The molecule has 3 N–H and O–H groups in total. The van der Waals surface area contributed by atoms with Crippen LogP contribution >= 0.6 is 0 Å². The molecule has 3 rings (SSSR count). The summed E-state index contributed by atoms with van der Waals surface area (Å²) in [6.07, 6.45) is 2.68. The Morgan fingerprint density at radius 2 is 2.00 bits per heavy atom. The number of hydrogen-bond donors (Lipinski definition) is 2. The second-order valence-electron chi connectivity index (χ2n) is 5.36. The molecule has 3 aromatic rings. The average molecular weight is 320 g/mol. The normalized spacial score (nSPS) is 11.5. The van der Waals surface area contributed by atoms with Gasteiger partial charge in [-0.05, 0) is 24.1 Å². The van der Waals surface area contributed by atoms with Gasteiger partial charge in [0.05, 0.1) is 6.20 Å². The molecule has 5 nitrogen and oxygen atoms in total. The lowest BCUT2D eigenvalue weighted by Crippen LogP contribution is -2.22. The SMILES string of the molecule is CCc1cccc(NC(N)=NCc2ncc(-c3ccccc3)o2)c1. The molecular weight excluding hydrogens is 300 g/mol. The molecule has 0 unspecified atom stereocenters. The third-order valence-corrected chi connectivity index (χ3v) is 3.60. The molecule has 0 aliphatic heterocycles. The van der Waals surface area contributed by atoms with Crippen LogP contribution in [0.2, 0.25) is 0 Å². The Bertz CT molecular complexity index is 824. The van der Waals surface area contributed by atoms with Crippen molar-refractivity contribution < 1.29 is 4.42 Å². The van der Waals surface area contributed by atoms with E-state index in [2.05, 4.69) is 34.3 Å². The quantitative estimate of drug-likeness (QED) is 0.553. The Balaban J connectivity index is 1.64. The van der Waals surface area contributed by atoms with Crippen molar-refractivity contribution in [1.29, 1.82) is 0 Å². The van der Waals surface area contributed by atoms with Crippen LogP contribution in [0.3, 0.4) is 0 Å². The van der Waals surface area contributed by atoms with Gasteiger partial charge in [-0.1, -0.05) is 49.4 Å². The first kappa shape index (κ1) is 15.8. The lowest BCUT2D eigenvalue weighted by atomic mass is 10.1. The molecule has 0 atom stereocenters. The highest BCUT2D eigenvalue weighted by Gasteiger charge is 2.05. The van der Waals surface area contributed by atoms with Gasteiger partial charge in [-0.25, -0.2) is 9.98 Å². The zero-order valence-corrected chi connectivity index (χ0v) is 13.6. The van der Waals surface area contributed by atoms with Crippen molar-refractivity contribution in [2.24, 2.45) is 10.7 Å². The van der Waals surface area contributed by atoms with Crippen molar-refractivity contribution in [1.82, 2.24) is 4.98 Å². The molecule has 5 heteroatoms. The highest BCUT2D eigenvalue weighted by atomic mass is 16.4. The molecule has 2 aromatic carbocycles. The van der Waals surface area contributed by atoms with E-state index in [0.717, 1.165) is 23.4 Å². The number of hydrogen-bond acceptors (Lipinski definition) is 3. The topological polar surface area (TPSA) is 76.4 Å². The molecule has 0 fully saturated rings. The van der Waals surface area contributed by atoms with Crippen molar-refractivity contribution in [2.45, 2.75) is 19.9 Å². The number of nitrogens with two attached hydrogens (primary N) is 1. The Morgan fingerprint density at radius 1 is 1.17 bits per heavy atom. The molecule has 1 aromatic heterocycles. The van der Waals surface area contributed by atoms with Crippen LogP contribution in [0.1, 0.15) is 18.4 Å². The van der Waals surface area contributed by atoms with Gasteiger partial charge in [0.1, 0.15) is 6.54 Å². The Hall–Kier alpha value is -3.08. The van der Waals surface area contributed by atoms with Gasteiger partial charge in [0.15, 0.2) is 11.7 Å². The van der Waals surface area contributed by atoms with E-state index < -0.39 is 0 Å². The fourth-order valence-corrected chi connectivity index (χ4v) is 2.33. The van der Waals surface area contributed by atoms with E-state index in [4.69, 9.17) is 10.2 Å². The number of guanidine groups is 1. The summed E-state index contributed by atoms with van der Waals surface area (Å²) in [5.74, 6) is 1.59. The minimum Gasteiger partial charge on any atom is -0.439 e. The molecule has 0 radical (unpaired) electrons. The summed E-state index contributed by atoms with van der Waals surface area (Å²) in [5, 5.41) is 3.08. The molecular formula is C19H20N4O. The second-order valence-corrected chi connectivity index (χ2v) is 5.36. The van der Waals surface area contributed by atoms with E-state index in [0.29, 0.717) is 18.4 Å². The first-order chi connectivity index (χ1) is 11.7. The molecule has 0 bridgehead atoms. The van der Waals surface area contributed by atoms with E-state index in [1.54, 1.807) is 6.20 Å². The summed E-state index contributed by atoms with van der Waals surface area (Å²) in [7, 11) is 0. The van der Waals surface area contributed by atoms with Crippen LogP contribution in [0.5, 0.6) is 0 Å². The average Bonchev–Trinajstić information content (AvgIpc) is 3.10. The number of aryl methyl sites for hydroxylation is 1. The van der Waals surface area contributed by atoms with Crippen LogP contribution in [0.15, 0.2) is 70.2 Å². The maximum atomic E-state index is 5.93. The fraction of sp³-hybridized carbons (Fsp3) is 0.158. The van der Waals surface area contributed by atoms with Crippen LogP contribution in [-0.2, 0) is 13.0 Å². The smallest absolute Gasteiger partial charge is 0.216 e. The van der Waals surface area contributed by atoms with Gasteiger partial charge in [-0.3, -0.25) is 0 Å². The second kappa shape index (κ2) is 7.46. The Labute approximate surface area is 141 Å². The number of aliphatic imine (C=N–C) groups is 1. The van der Waals surface area contributed by atoms with Crippen LogP contribution in [0.25, 0.3) is 11.3 Å². The number of rotatable bonds is 5.